The predicted molar refractivity (Wildman–Crippen MR) is 125 cm³/mol. The van der Waals surface area contributed by atoms with Crippen molar-refractivity contribution in [2.24, 2.45) is 0 Å². The third-order valence-electron chi connectivity index (χ3n) is 5.41. The largest absolute Gasteiger partial charge is 0.360 e. The van der Waals surface area contributed by atoms with Gasteiger partial charge in [-0.2, -0.15) is 0 Å². The summed E-state index contributed by atoms with van der Waals surface area (Å²) in [7, 11) is -4.04. The van der Waals surface area contributed by atoms with Gasteiger partial charge in [0.25, 0.3) is 10.0 Å². The molecule has 0 bridgehead atoms. The molecule has 5 nitrogen and oxygen atoms in total. The second-order valence-electron chi connectivity index (χ2n) is 7.51. The summed E-state index contributed by atoms with van der Waals surface area (Å²) in [5.41, 5.74) is 4.55. The van der Waals surface area contributed by atoms with E-state index in [-0.39, 0.29) is 11.4 Å². The molecule has 3 aromatic rings. The number of nitrogens with zero attached hydrogens (tertiary/aromatic N) is 1. The number of anilines is 2. The van der Waals surface area contributed by atoms with Crippen LogP contribution in [0, 0.1) is 6.92 Å². The molecule has 0 saturated heterocycles. The third kappa shape index (κ3) is 3.99. The number of ketones is 1. The Balaban J connectivity index is 1.78. The highest BCUT2D eigenvalue weighted by atomic mass is 32.2. The van der Waals surface area contributed by atoms with Crippen LogP contribution in [0.25, 0.3) is 0 Å². The van der Waals surface area contributed by atoms with Crippen LogP contribution in [-0.2, 0) is 23.0 Å². The van der Waals surface area contributed by atoms with E-state index in [1.54, 1.807) is 24.3 Å². The Hall–Kier alpha value is -3.38. The molecule has 1 aliphatic rings. The van der Waals surface area contributed by atoms with Gasteiger partial charge in [-0.1, -0.05) is 67.1 Å². The number of hydrogen-bond acceptors (Lipinski definition) is 4. The van der Waals surface area contributed by atoms with Crippen LogP contribution in [0.4, 0.5) is 11.4 Å². The first-order valence-corrected chi connectivity index (χ1v) is 11.6. The number of nitrogens with one attached hydrogen (secondary N) is 1. The van der Waals surface area contributed by atoms with E-state index in [2.05, 4.69) is 5.32 Å². The van der Waals surface area contributed by atoms with Crippen LogP contribution in [-0.4, -0.2) is 14.2 Å². The first kappa shape index (κ1) is 20.9. The Morgan fingerprint density at radius 3 is 2.35 bits per heavy atom. The van der Waals surface area contributed by atoms with Gasteiger partial charge < -0.3 is 5.32 Å². The van der Waals surface area contributed by atoms with Crippen molar-refractivity contribution in [2.45, 2.75) is 26.8 Å². The number of carbonyl (C=O) groups is 1. The smallest absolute Gasteiger partial charge is 0.270 e. The molecule has 0 amide bonds. The number of sulfonamides is 1. The molecule has 4 rings (SSSR count). The van der Waals surface area contributed by atoms with Crippen LogP contribution in [0.5, 0.6) is 0 Å². The molecular weight excluding hydrogens is 408 g/mol. The van der Waals surface area contributed by atoms with E-state index in [0.29, 0.717) is 11.3 Å². The lowest BCUT2D eigenvalue weighted by Crippen LogP contribution is -2.39. The van der Waals surface area contributed by atoms with Crippen molar-refractivity contribution in [1.29, 1.82) is 0 Å². The molecule has 1 aliphatic heterocycles. The molecule has 1 N–H and O–H groups in total. The maximum absolute atomic E-state index is 13.5. The SMILES string of the molecule is CCc1ccccc1NC=C1C(=O)c2ccccc2N(Cc2ccc(C)cc2)S1(=O)=O. The monoisotopic (exact) mass is 432 g/mol. The van der Waals surface area contributed by atoms with Gasteiger partial charge in [0.1, 0.15) is 0 Å². The van der Waals surface area contributed by atoms with E-state index < -0.39 is 15.8 Å². The van der Waals surface area contributed by atoms with E-state index in [1.165, 1.54) is 10.5 Å². The van der Waals surface area contributed by atoms with E-state index in [9.17, 15) is 13.2 Å². The van der Waals surface area contributed by atoms with Crippen LogP contribution in [0.1, 0.15) is 34.0 Å². The summed E-state index contributed by atoms with van der Waals surface area (Å²) < 4.78 is 28.4. The number of rotatable bonds is 5. The molecule has 0 radical (unpaired) electrons. The Labute approximate surface area is 183 Å². The van der Waals surface area contributed by atoms with Gasteiger partial charge in [0.2, 0.25) is 5.78 Å². The summed E-state index contributed by atoms with van der Waals surface area (Å²) in [6.45, 7) is 4.15. The maximum Gasteiger partial charge on any atom is 0.270 e. The minimum Gasteiger partial charge on any atom is -0.360 e. The highest BCUT2D eigenvalue weighted by Gasteiger charge is 2.40. The molecule has 0 saturated carbocycles. The van der Waals surface area contributed by atoms with Crippen molar-refractivity contribution in [3.8, 4) is 0 Å². The van der Waals surface area contributed by atoms with Crippen molar-refractivity contribution in [2.75, 3.05) is 9.62 Å². The summed E-state index contributed by atoms with van der Waals surface area (Å²) in [5, 5.41) is 3.05. The standard InChI is InChI=1S/C25H24N2O3S/c1-3-20-8-4-6-10-22(20)26-16-24-25(28)21-9-5-7-11-23(21)27(31(24,29)30)17-19-14-12-18(2)13-15-19/h4-16,26H,3,17H2,1-2H3. The lowest BCUT2D eigenvalue weighted by atomic mass is 10.1. The number of para-hydroxylation sites is 2. The number of aryl methyl sites for hydroxylation is 2. The molecule has 0 atom stereocenters. The van der Waals surface area contributed by atoms with Crippen molar-refractivity contribution < 1.29 is 13.2 Å². The fourth-order valence-corrected chi connectivity index (χ4v) is 5.19. The fraction of sp³-hybridized carbons (Fsp3) is 0.160. The van der Waals surface area contributed by atoms with E-state index in [0.717, 1.165) is 28.8 Å². The topological polar surface area (TPSA) is 66.5 Å². The molecule has 0 spiro atoms. The van der Waals surface area contributed by atoms with Crippen molar-refractivity contribution in [1.82, 2.24) is 0 Å². The normalized spacial score (nSPS) is 16.3. The van der Waals surface area contributed by atoms with Gasteiger partial charge in [-0.3, -0.25) is 9.10 Å². The highest BCUT2D eigenvalue weighted by Crippen LogP contribution is 2.36. The number of benzene rings is 3. The average Bonchev–Trinajstić information content (AvgIpc) is 2.78. The number of fused-ring (bicyclic) bond motifs is 1. The molecule has 3 aromatic carbocycles. The summed E-state index contributed by atoms with van der Waals surface area (Å²) in [5.74, 6) is -0.503. The summed E-state index contributed by atoms with van der Waals surface area (Å²) >= 11 is 0. The molecule has 0 aliphatic carbocycles. The fourth-order valence-electron chi connectivity index (χ4n) is 3.66. The zero-order valence-corrected chi connectivity index (χ0v) is 18.3. The Morgan fingerprint density at radius 1 is 0.935 bits per heavy atom. The minimum absolute atomic E-state index is 0.149. The lowest BCUT2D eigenvalue weighted by molar-refractivity contribution is 0.104. The molecular formula is C25H24N2O3S. The van der Waals surface area contributed by atoms with Crippen LogP contribution < -0.4 is 9.62 Å². The molecule has 158 valence electrons. The van der Waals surface area contributed by atoms with Crippen molar-refractivity contribution in [3.63, 3.8) is 0 Å². The van der Waals surface area contributed by atoms with Gasteiger partial charge in [0, 0.05) is 17.5 Å². The lowest BCUT2D eigenvalue weighted by Gasteiger charge is -2.31. The zero-order valence-electron chi connectivity index (χ0n) is 17.5. The first-order chi connectivity index (χ1) is 14.9. The Bertz CT molecular complexity index is 1260. The molecule has 0 aromatic heterocycles. The van der Waals surface area contributed by atoms with Crippen LogP contribution in [0.2, 0.25) is 0 Å². The first-order valence-electron chi connectivity index (χ1n) is 10.2. The minimum atomic E-state index is -4.04. The molecule has 31 heavy (non-hydrogen) atoms. The van der Waals surface area contributed by atoms with Gasteiger partial charge in [-0.15, -0.1) is 0 Å². The Morgan fingerprint density at radius 2 is 1.61 bits per heavy atom. The molecule has 1 heterocycles. The van der Waals surface area contributed by atoms with Crippen molar-refractivity contribution >= 4 is 27.2 Å². The van der Waals surface area contributed by atoms with Gasteiger partial charge in [0.15, 0.2) is 4.91 Å². The zero-order chi connectivity index (χ0) is 22.0. The van der Waals surface area contributed by atoms with E-state index in [1.807, 2.05) is 62.4 Å². The van der Waals surface area contributed by atoms with Crippen LogP contribution in [0.15, 0.2) is 83.9 Å². The van der Waals surface area contributed by atoms with Gasteiger partial charge in [-0.05, 0) is 42.7 Å². The molecule has 0 unspecified atom stereocenters. The second-order valence-corrected chi connectivity index (χ2v) is 9.34. The van der Waals surface area contributed by atoms with Gasteiger partial charge >= 0.3 is 0 Å². The summed E-state index contributed by atoms with van der Waals surface area (Å²) in [6, 6.07) is 22.2. The highest BCUT2D eigenvalue weighted by molar-refractivity contribution is 7.97. The Kier molecular flexibility index (Phi) is 5.65. The third-order valence-corrected chi connectivity index (χ3v) is 7.18. The number of carbonyl (C=O) groups excluding carboxylic acids is 1. The quantitative estimate of drug-likeness (QED) is 0.574. The summed E-state index contributed by atoms with van der Waals surface area (Å²) in [4.78, 5) is 12.9. The van der Waals surface area contributed by atoms with Crippen LogP contribution >= 0.6 is 0 Å². The van der Waals surface area contributed by atoms with Crippen molar-refractivity contribution in [3.05, 3.63) is 106 Å². The molecule has 0 fully saturated rings. The molecule has 6 heteroatoms. The number of Topliss-reactive ketones (excluding diaryl/α,β-unsaturated/α-hetero) is 1. The van der Waals surface area contributed by atoms with E-state index >= 15 is 0 Å². The maximum atomic E-state index is 13.5. The predicted octanol–water partition coefficient (Wildman–Crippen LogP) is 5.04. The average molecular weight is 433 g/mol. The van der Waals surface area contributed by atoms with Gasteiger partial charge in [-0.25, -0.2) is 8.42 Å². The number of allylic oxidation sites excluding steroid dienone is 1. The number of hydrogen-bond donors (Lipinski definition) is 1. The second kappa shape index (κ2) is 8.40. The van der Waals surface area contributed by atoms with E-state index in [4.69, 9.17) is 0 Å². The van der Waals surface area contributed by atoms with Gasteiger partial charge in [0.05, 0.1) is 12.2 Å². The summed E-state index contributed by atoms with van der Waals surface area (Å²) in [6.07, 6.45) is 2.11. The van der Waals surface area contributed by atoms with Crippen LogP contribution in [0.3, 0.4) is 0 Å².